The summed E-state index contributed by atoms with van der Waals surface area (Å²) in [4.78, 5) is 10.8. The fourth-order valence-corrected chi connectivity index (χ4v) is 0.641. The maximum atomic E-state index is 10.8. The Morgan fingerprint density at radius 1 is 1.70 bits per heavy atom. The van der Waals surface area contributed by atoms with Gasteiger partial charge in [0.2, 0.25) is 0 Å². The molecule has 0 unspecified atom stereocenters. The molecule has 0 atom stereocenters. The van der Waals surface area contributed by atoms with E-state index in [1.54, 1.807) is 0 Å². The van der Waals surface area contributed by atoms with Crippen LogP contribution in [0.1, 0.15) is 19.8 Å². The fraction of sp³-hybridized carbons (Fsp3) is 0.625. The molecule has 0 bridgehead atoms. The minimum atomic E-state index is 0.234. The average Bonchev–Trinajstić information content (AvgIpc) is 1.89. The first-order valence-corrected chi connectivity index (χ1v) is 3.47. The summed E-state index contributed by atoms with van der Waals surface area (Å²) in [6, 6.07) is 0. The summed E-state index contributed by atoms with van der Waals surface area (Å²) in [5, 5.41) is 2.83. The lowest BCUT2D eigenvalue weighted by atomic mass is 10.2. The van der Waals surface area contributed by atoms with Gasteiger partial charge in [0.05, 0.1) is 13.1 Å². The van der Waals surface area contributed by atoms with Crippen molar-refractivity contribution in [3.8, 4) is 12.3 Å². The molecule has 0 fully saturated rings. The van der Waals surface area contributed by atoms with Crippen LogP contribution in [0.2, 0.25) is 0 Å². The van der Waals surface area contributed by atoms with Crippen LogP contribution in [-0.2, 0) is 4.79 Å². The van der Waals surface area contributed by atoms with Crippen LogP contribution in [0, 0.1) is 12.3 Å². The van der Waals surface area contributed by atoms with E-state index in [0.717, 1.165) is 6.42 Å². The van der Waals surface area contributed by atoms with E-state index in [-0.39, 0.29) is 5.78 Å². The molecule has 2 nitrogen and oxygen atoms in total. The maximum Gasteiger partial charge on any atom is 0.146 e. The minimum Gasteiger partial charge on any atom is -0.299 e. The zero-order chi connectivity index (χ0) is 7.82. The highest BCUT2D eigenvalue weighted by atomic mass is 16.1. The largest absolute Gasteiger partial charge is 0.299 e. The second-order valence-electron chi connectivity index (χ2n) is 2.10. The second kappa shape index (κ2) is 6.31. The fourth-order valence-electron chi connectivity index (χ4n) is 0.641. The van der Waals surface area contributed by atoms with Gasteiger partial charge in [0.15, 0.2) is 0 Å². The number of hydrogen-bond acceptors (Lipinski definition) is 2. The molecule has 0 amide bonds. The normalized spacial score (nSPS) is 8.80. The highest BCUT2D eigenvalue weighted by Crippen LogP contribution is 1.86. The zero-order valence-electron chi connectivity index (χ0n) is 6.31. The molecule has 1 N–H and O–H groups in total. The number of ketones is 1. The quantitative estimate of drug-likeness (QED) is 0.446. The molecule has 0 aromatic heterocycles. The summed E-state index contributed by atoms with van der Waals surface area (Å²) in [6.07, 6.45) is 6.53. The van der Waals surface area contributed by atoms with Crippen molar-refractivity contribution >= 4 is 5.78 Å². The van der Waals surface area contributed by atoms with E-state index >= 15 is 0 Å². The Morgan fingerprint density at radius 3 is 2.90 bits per heavy atom. The lowest BCUT2D eigenvalue weighted by molar-refractivity contribution is -0.118. The Kier molecular flexibility index (Phi) is 5.80. The Bertz CT molecular complexity index is 135. The zero-order valence-corrected chi connectivity index (χ0v) is 6.31. The summed E-state index contributed by atoms with van der Waals surface area (Å²) in [5.41, 5.74) is 0. The monoisotopic (exact) mass is 139 g/mol. The van der Waals surface area contributed by atoms with Gasteiger partial charge in [-0.2, -0.15) is 0 Å². The molecule has 0 rings (SSSR count). The van der Waals surface area contributed by atoms with E-state index in [2.05, 4.69) is 11.2 Å². The Morgan fingerprint density at radius 2 is 2.40 bits per heavy atom. The van der Waals surface area contributed by atoms with Crippen LogP contribution in [-0.4, -0.2) is 18.9 Å². The number of hydrogen-bond donors (Lipinski definition) is 1. The van der Waals surface area contributed by atoms with Crippen molar-refractivity contribution < 1.29 is 4.79 Å². The molecule has 0 aliphatic rings. The van der Waals surface area contributed by atoms with Gasteiger partial charge >= 0.3 is 0 Å². The van der Waals surface area contributed by atoms with Gasteiger partial charge in [-0.05, 0) is 6.42 Å². The second-order valence-corrected chi connectivity index (χ2v) is 2.10. The highest BCUT2D eigenvalue weighted by molar-refractivity contribution is 5.80. The third-order valence-corrected chi connectivity index (χ3v) is 1.08. The first-order chi connectivity index (χ1) is 4.81. The van der Waals surface area contributed by atoms with Crippen LogP contribution in [0.4, 0.5) is 0 Å². The number of carbonyl (C=O) groups is 1. The molecule has 10 heavy (non-hydrogen) atoms. The van der Waals surface area contributed by atoms with E-state index < -0.39 is 0 Å². The first-order valence-electron chi connectivity index (χ1n) is 3.47. The summed E-state index contributed by atoms with van der Waals surface area (Å²) in [5.74, 6) is 2.64. The van der Waals surface area contributed by atoms with E-state index in [4.69, 9.17) is 6.42 Å². The molecule has 56 valence electrons. The number of terminal acetylenes is 1. The number of Topliss-reactive ketones (excluding diaryl/α,β-unsaturated/α-hetero) is 1. The molecular weight excluding hydrogens is 126 g/mol. The Labute approximate surface area is 62.0 Å². The molecule has 0 aliphatic heterocycles. The van der Waals surface area contributed by atoms with Gasteiger partial charge in [-0.15, -0.1) is 6.42 Å². The van der Waals surface area contributed by atoms with E-state index in [1.807, 2.05) is 6.92 Å². The lowest BCUT2D eigenvalue weighted by Crippen LogP contribution is -2.22. The topological polar surface area (TPSA) is 29.1 Å². The van der Waals surface area contributed by atoms with Crippen molar-refractivity contribution in [2.75, 3.05) is 13.1 Å². The number of rotatable bonds is 5. The predicted octanol–water partition coefficient (Wildman–Crippen LogP) is 0.578. The van der Waals surface area contributed by atoms with Crippen LogP contribution in [0.25, 0.3) is 0 Å². The van der Waals surface area contributed by atoms with Crippen molar-refractivity contribution in [3.05, 3.63) is 0 Å². The van der Waals surface area contributed by atoms with Crippen molar-refractivity contribution in [3.63, 3.8) is 0 Å². The number of nitrogens with one attached hydrogen (secondary N) is 1. The molecule has 0 radical (unpaired) electrons. The van der Waals surface area contributed by atoms with Crippen molar-refractivity contribution in [1.82, 2.24) is 5.32 Å². The summed E-state index contributed by atoms with van der Waals surface area (Å²) in [7, 11) is 0. The molecule has 0 saturated carbocycles. The van der Waals surface area contributed by atoms with Crippen LogP contribution in [0.3, 0.4) is 0 Å². The molecule has 0 aromatic carbocycles. The van der Waals surface area contributed by atoms with Crippen LogP contribution in [0.15, 0.2) is 0 Å². The van der Waals surface area contributed by atoms with Gasteiger partial charge in [0.1, 0.15) is 5.78 Å². The van der Waals surface area contributed by atoms with Gasteiger partial charge in [0.25, 0.3) is 0 Å². The highest BCUT2D eigenvalue weighted by Gasteiger charge is 1.96. The van der Waals surface area contributed by atoms with Gasteiger partial charge < -0.3 is 0 Å². The molecule has 2 heteroatoms. The predicted molar refractivity (Wildman–Crippen MR) is 41.6 cm³/mol. The average molecular weight is 139 g/mol. The van der Waals surface area contributed by atoms with Crippen molar-refractivity contribution in [2.45, 2.75) is 19.8 Å². The van der Waals surface area contributed by atoms with E-state index in [0.29, 0.717) is 19.5 Å². The standard InChI is InChI=1S/C8H13NO/c1-3-5-8(10)7-9-6-4-2/h2,9H,3,5-7H2,1H3. The number of carbonyl (C=O) groups excluding carboxylic acids is 1. The van der Waals surface area contributed by atoms with Crippen LogP contribution >= 0.6 is 0 Å². The van der Waals surface area contributed by atoms with Crippen molar-refractivity contribution in [1.29, 1.82) is 0 Å². The molecule has 0 saturated heterocycles. The Hall–Kier alpha value is -0.810. The SMILES string of the molecule is C#CCNCC(=O)CCC. The summed E-state index contributed by atoms with van der Waals surface area (Å²) < 4.78 is 0. The van der Waals surface area contributed by atoms with Gasteiger partial charge in [0, 0.05) is 6.42 Å². The third kappa shape index (κ3) is 5.33. The van der Waals surface area contributed by atoms with Crippen LogP contribution < -0.4 is 5.32 Å². The van der Waals surface area contributed by atoms with Crippen molar-refractivity contribution in [2.24, 2.45) is 0 Å². The van der Waals surface area contributed by atoms with E-state index in [1.165, 1.54) is 0 Å². The summed E-state index contributed by atoms with van der Waals surface area (Å²) >= 11 is 0. The molecular formula is C8H13NO. The molecule has 0 spiro atoms. The van der Waals surface area contributed by atoms with E-state index in [9.17, 15) is 4.79 Å². The van der Waals surface area contributed by atoms with Gasteiger partial charge in [-0.3, -0.25) is 10.1 Å². The minimum absolute atomic E-state index is 0.234. The maximum absolute atomic E-state index is 10.8. The summed E-state index contributed by atoms with van der Waals surface area (Å²) in [6.45, 7) is 2.88. The molecule has 0 aromatic rings. The molecule has 0 heterocycles. The lowest BCUT2D eigenvalue weighted by Gasteiger charge is -1.96. The van der Waals surface area contributed by atoms with Gasteiger partial charge in [-0.1, -0.05) is 12.8 Å². The van der Waals surface area contributed by atoms with Gasteiger partial charge in [-0.25, -0.2) is 0 Å². The third-order valence-electron chi connectivity index (χ3n) is 1.08. The van der Waals surface area contributed by atoms with Crippen LogP contribution in [0.5, 0.6) is 0 Å². The first kappa shape index (κ1) is 9.19. The Balaban J connectivity index is 3.15. The molecule has 0 aliphatic carbocycles. The smallest absolute Gasteiger partial charge is 0.146 e.